The third kappa shape index (κ3) is 10.6. The molecule has 1 saturated heterocycles. The second-order valence-corrected chi connectivity index (χ2v) is 15.5. The fraction of sp³-hybridized carbons (Fsp3) is 0.516. The van der Waals surface area contributed by atoms with Crippen molar-refractivity contribution in [3.8, 4) is 11.5 Å². The number of nitrogens with zero attached hydrogens (tertiary/aromatic N) is 1. The van der Waals surface area contributed by atoms with Crippen LogP contribution in [-0.4, -0.2) is 59.8 Å². The van der Waals surface area contributed by atoms with Crippen LogP contribution in [0.2, 0.25) is 0 Å². The topological polar surface area (TPSA) is 156 Å². The van der Waals surface area contributed by atoms with Crippen LogP contribution in [-0.2, 0) is 28.2 Å². The summed E-state index contributed by atoms with van der Waals surface area (Å²) in [5.74, 6) is -1.79. The van der Waals surface area contributed by atoms with Crippen LogP contribution in [0.1, 0.15) is 59.8 Å². The van der Waals surface area contributed by atoms with Gasteiger partial charge in [-0.1, -0.05) is 43.5 Å². The van der Waals surface area contributed by atoms with Crippen molar-refractivity contribution in [1.29, 1.82) is 0 Å². The van der Waals surface area contributed by atoms with Gasteiger partial charge in [-0.3, -0.25) is 14.2 Å². The summed E-state index contributed by atoms with van der Waals surface area (Å²) in [6.45, 7) is 7.33. The largest absolute Gasteiger partial charge is 0.436 e. The number of amides is 3. The maximum atomic E-state index is 14.4. The minimum absolute atomic E-state index is 0.169. The van der Waals surface area contributed by atoms with Gasteiger partial charge in [0.15, 0.2) is 17.6 Å². The van der Waals surface area contributed by atoms with E-state index in [0.717, 1.165) is 9.79 Å². The molecule has 3 amide bonds. The van der Waals surface area contributed by atoms with Crippen LogP contribution in [0.15, 0.2) is 58.3 Å². The lowest BCUT2D eigenvalue weighted by Crippen LogP contribution is -2.58. The summed E-state index contributed by atoms with van der Waals surface area (Å²) in [5.41, 5.74) is 4.48. The van der Waals surface area contributed by atoms with Crippen molar-refractivity contribution in [3.63, 3.8) is 0 Å². The predicted octanol–water partition coefficient (Wildman–Crippen LogP) is 6.78. The molecule has 3 atom stereocenters. The number of carbonyl (C=O) groups excluding carboxylic acids is 3. The number of hydrogen-bond acceptors (Lipinski definition) is 11. The molecule has 1 heterocycles. The number of thioether (sulfide) groups is 2. The molecule has 0 radical (unpaired) electrons. The van der Waals surface area contributed by atoms with Gasteiger partial charge in [0.25, 0.3) is 5.91 Å². The second kappa shape index (κ2) is 17.3. The van der Waals surface area contributed by atoms with Crippen molar-refractivity contribution in [2.75, 3.05) is 19.1 Å². The quantitative estimate of drug-likeness (QED) is 0.0876. The summed E-state index contributed by atoms with van der Waals surface area (Å²) in [5, 5.41) is 2.80. The predicted molar refractivity (Wildman–Crippen MR) is 178 cm³/mol. The van der Waals surface area contributed by atoms with Gasteiger partial charge in [0.1, 0.15) is 11.8 Å². The average Bonchev–Trinajstić information content (AvgIpc) is 3.04. The summed E-state index contributed by atoms with van der Waals surface area (Å²) < 4.78 is 30.6. The van der Waals surface area contributed by atoms with E-state index < -0.39 is 48.8 Å². The van der Waals surface area contributed by atoms with E-state index in [1.165, 1.54) is 4.90 Å². The molecule has 1 aliphatic rings. The van der Waals surface area contributed by atoms with Gasteiger partial charge in [0.05, 0.1) is 0 Å². The molecule has 46 heavy (non-hydrogen) atoms. The van der Waals surface area contributed by atoms with Gasteiger partial charge in [-0.15, -0.1) is 23.5 Å². The van der Waals surface area contributed by atoms with Gasteiger partial charge in [0.2, 0.25) is 5.91 Å². The van der Waals surface area contributed by atoms with Crippen LogP contribution in [0.3, 0.4) is 0 Å². The number of hydrogen-bond donors (Lipinski definition) is 2. The number of carbonyl (C=O) groups is 3. The highest BCUT2D eigenvalue weighted by Crippen LogP contribution is 2.54. The highest BCUT2D eigenvalue weighted by molar-refractivity contribution is 7.98. The third-order valence-corrected chi connectivity index (χ3v) is 10.4. The Morgan fingerprint density at radius 2 is 1.48 bits per heavy atom. The van der Waals surface area contributed by atoms with Gasteiger partial charge < -0.3 is 30.5 Å². The lowest BCUT2D eigenvalue weighted by atomic mass is 9.87. The SMILES string of the molecule is CCC[C@H](NC(=O)[C@@H]1CCCCN1C(=O)[C@@H](OC(N)=O)C(C)(C)C)P(=O)(OOc1ccc(SC)cc1)OOc1ccc(SC)cc1. The van der Waals surface area contributed by atoms with Gasteiger partial charge in [-0.2, -0.15) is 0 Å². The Morgan fingerprint density at radius 1 is 0.957 bits per heavy atom. The number of rotatable bonds is 15. The highest BCUT2D eigenvalue weighted by Gasteiger charge is 2.45. The zero-order chi connectivity index (χ0) is 33.9. The number of nitrogens with one attached hydrogen (secondary N) is 1. The van der Waals surface area contributed by atoms with Crippen molar-refractivity contribution in [1.82, 2.24) is 10.2 Å². The molecule has 0 saturated carbocycles. The Morgan fingerprint density at radius 3 is 1.91 bits per heavy atom. The van der Waals surface area contributed by atoms with E-state index in [0.29, 0.717) is 25.7 Å². The van der Waals surface area contributed by atoms with Crippen molar-refractivity contribution < 1.29 is 42.8 Å². The number of primary amides is 1. The number of nitrogens with two attached hydrogens (primary N) is 1. The molecule has 2 aromatic carbocycles. The van der Waals surface area contributed by atoms with Crippen LogP contribution >= 0.6 is 31.1 Å². The van der Waals surface area contributed by atoms with Gasteiger partial charge in [-0.25, -0.2) is 4.79 Å². The molecule has 12 nitrogen and oxygen atoms in total. The monoisotopic (exact) mass is 697 g/mol. The minimum atomic E-state index is -4.40. The molecule has 0 bridgehead atoms. The minimum Gasteiger partial charge on any atom is -0.436 e. The first-order valence-corrected chi connectivity index (χ1v) is 19.0. The summed E-state index contributed by atoms with van der Waals surface area (Å²) in [7, 11) is -4.40. The Bertz CT molecular complexity index is 1300. The molecule has 0 aliphatic carbocycles. The molecule has 1 aliphatic heterocycles. The molecule has 254 valence electrons. The van der Waals surface area contributed by atoms with E-state index in [-0.39, 0.29) is 24.5 Å². The van der Waals surface area contributed by atoms with E-state index >= 15 is 0 Å². The van der Waals surface area contributed by atoms with Gasteiger partial charge in [-0.05, 0) is 86.7 Å². The summed E-state index contributed by atoms with van der Waals surface area (Å²) in [4.78, 5) is 53.5. The first kappa shape index (κ1) is 37.6. The average molecular weight is 698 g/mol. The number of ether oxygens (including phenoxy) is 1. The van der Waals surface area contributed by atoms with Crippen molar-refractivity contribution in [2.24, 2.45) is 11.1 Å². The second-order valence-electron chi connectivity index (χ2n) is 11.7. The van der Waals surface area contributed by atoms with Crippen molar-refractivity contribution in [3.05, 3.63) is 48.5 Å². The molecule has 0 unspecified atom stereocenters. The normalized spacial score (nSPS) is 16.7. The lowest BCUT2D eigenvalue weighted by Gasteiger charge is -2.40. The Labute approximate surface area is 279 Å². The number of benzene rings is 2. The maximum Gasteiger partial charge on any atom is 0.426 e. The molecule has 3 N–H and O–H groups in total. The van der Waals surface area contributed by atoms with Crippen molar-refractivity contribution in [2.45, 2.75) is 87.5 Å². The molecule has 3 rings (SSSR count). The fourth-order valence-electron chi connectivity index (χ4n) is 4.74. The van der Waals surface area contributed by atoms with Crippen LogP contribution in [0.4, 0.5) is 4.79 Å². The van der Waals surface area contributed by atoms with Crippen LogP contribution < -0.4 is 20.8 Å². The first-order valence-electron chi connectivity index (χ1n) is 15.0. The number of likely N-dealkylation sites (tertiary alicyclic amines) is 1. The van der Waals surface area contributed by atoms with Gasteiger partial charge in [0, 0.05) is 21.8 Å². The molecule has 0 aromatic heterocycles. The number of piperidine rings is 1. The van der Waals surface area contributed by atoms with Crippen molar-refractivity contribution >= 4 is 49.0 Å². The molecule has 15 heteroatoms. The van der Waals surface area contributed by atoms with E-state index in [2.05, 4.69) is 5.32 Å². The van der Waals surface area contributed by atoms with E-state index in [1.807, 2.05) is 43.7 Å². The Balaban J connectivity index is 1.88. The van der Waals surface area contributed by atoms with E-state index in [1.54, 1.807) is 68.6 Å². The van der Waals surface area contributed by atoms with Crippen LogP contribution in [0, 0.1) is 5.41 Å². The molecular formula is C31H44N3O9PS2. The smallest absolute Gasteiger partial charge is 0.426 e. The molecule has 2 aromatic rings. The van der Waals surface area contributed by atoms with Crippen LogP contribution in [0.5, 0.6) is 11.5 Å². The molecule has 0 spiro atoms. The van der Waals surface area contributed by atoms with E-state index in [9.17, 15) is 18.9 Å². The fourth-order valence-corrected chi connectivity index (χ4v) is 7.03. The Kier molecular flexibility index (Phi) is 14.1. The highest BCUT2D eigenvalue weighted by atomic mass is 32.2. The summed E-state index contributed by atoms with van der Waals surface area (Å²) in [6, 6.07) is 12.9. The zero-order valence-electron chi connectivity index (χ0n) is 27.1. The zero-order valence-corrected chi connectivity index (χ0v) is 29.6. The lowest BCUT2D eigenvalue weighted by molar-refractivity contribution is -0.174. The van der Waals surface area contributed by atoms with Gasteiger partial charge >= 0.3 is 13.7 Å². The van der Waals surface area contributed by atoms with E-state index in [4.69, 9.17) is 29.6 Å². The van der Waals surface area contributed by atoms with Crippen LogP contribution in [0.25, 0.3) is 0 Å². The third-order valence-electron chi connectivity index (χ3n) is 7.18. The molecule has 1 fully saturated rings. The standard InChI is InChI=1S/C31H44N3O9PS2/c1-7-10-26(33-28(35)25-11-8-9-20-34(25)29(36)27(31(2,3)4)39-30(32)37)44(38,42-40-21-12-16-23(45-5)17-13-21)43-41-22-14-18-24(46-6)19-15-22/h12-19,25-27H,7-11,20H2,1-6H3,(H2,32,37)(H,33,35)/t25-,26+,27+/m0/s1. The summed E-state index contributed by atoms with van der Waals surface area (Å²) >= 11 is 3.09. The first-order chi connectivity index (χ1) is 21.8. The Hall–Kier alpha value is -2.90. The maximum absolute atomic E-state index is 14.4. The summed E-state index contributed by atoms with van der Waals surface area (Å²) in [6.07, 6.45) is 3.89. The molecular weight excluding hydrogens is 653 g/mol.